The average Bonchev–Trinajstić information content (AvgIpc) is 3.27. The van der Waals surface area contributed by atoms with Gasteiger partial charge >= 0.3 is 0 Å². The minimum atomic E-state index is 0.146. The van der Waals surface area contributed by atoms with Crippen LogP contribution < -0.4 is 4.74 Å². The number of carbonyl (C=O) groups is 1. The smallest absolute Gasteiger partial charge is 0.254 e. The van der Waals surface area contributed by atoms with Crippen molar-refractivity contribution in [2.24, 2.45) is 0 Å². The van der Waals surface area contributed by atoms with Crippen LogP contribution in [0.2, 0.25) is 0 Å². The zero-order chi connectivity index (χ0) is 19.0. The molecule has 0 spiro atoms. The highest BCUT2D eigenvalue weighted by molar-refractivity contribution is 5.89. The number of benzene rings is 1. The molecular formula is C21H25N3O3. The number of amides is 1. The van der Waals surface area contributed by atoms with Crippen molar-refractivity contribution in [3.05, 3.63) is 46.3 Å². The van der Waals surface area contributed by atoms with Crippen LogP contribution in [0.25, 0.3) is 10.9 Å². The summed E-state index contributed by atoms with van der Waals surface area (Å²) in [5.74, 6) is 1.31. The maximum atomic E-state index is 12.7. The molecule has 142 valence electrons. The molecule has 0 bridgehead atoms. The van der Waals surface area contributed by atoms with Gasteiger partial charge in [0, 0.05) is 60.6 Å². The standard InChI is InChI=1S/C21H25N3O3/c1-4-26-19-11-15(27-23-19)6-8-20(25)24-10-9-18-17(12-24)16-7-5-13(2)14(3)21(16)22-18/h5,7,11,22H,4,6,8-10,12H2,1-3H3. The van der Waals surface area contributed by atoms with E-state index in [1.54, 1.807) is 6.07 Å². The van der Waals surface area contributed by atoms with E-state index >= 15 is 0 Å². The molecule has 3 heterocycles. The number of rotatable bonds is 5. The van der Waals surface area contributed by atoms with Crippen LogP contribution in [0.1, 0.15) is 41.5 Å². The SMILES string of the molecule is CCOc1cc(CCC(=O)N2CCc3[nH]c4c(C)c(C)ccc4c3C2)on1. The molecule has 0 atom stereocenters. The molecule has 2 aromatic heterocycles. The van der Waals surface area contributed by atoms with Gasteiger partial charge in [-0.2, -0.15) is 0 Å². The summed E-state index contributed by atoms with van der Waals surface area (Å²) < 4.78 is 10.5. The van der Waals surface area contributed by atoms with E-state index in [4.69, 9.17) is 9.26 Å². The van der Waals surface area contributed by atoms with Crippen molar-refractivity contribution in [1.29, 1.82) is 0 Å². The van der Waals surface area contributed by atoms with Crippen molar-refractivity contribution in [3.63, 3.8) is 0 Å². The number of nitrogens with zero attached hydrogens (tertiary/aromatic N) is 2. The molecule has 0 saturated carbocycles. The van der Waals surface area contributed by atoms with E-state index < -0.39 is 0 Å². The Balaban J connectivity index is 1.45. The second-order valence-corrected chi connectivity index (χ2v) is 7.14. The summed E-state index contributed by atoms with van der Waals surface area (Å²) in [5, 5.41) is 5.08. The number of ether oxygens (including phenoxy) is 1. The number of H-pyrrole nitrogens is 1. The number of aromatic amines is 1. The second kappa shape index (κ2) is 7.10. The third-order valence-electron chi connectivity index (χ3n) is 5.45. The molecule has 6 nitrogen and oxygen atoms in total. The van der Waals surface area contributed by atoms with Crippen LogP contribution in [0, 0.1) is 13.8 Å². The van der Waals surface area contributed by atoms with Gasteiger partial charge in [0.1, 0.15) is 5.76 Å². The van der Waals surface area contributed by atoms with Crippen molar-refractivity contribution in [2.75, 3.05) is 13.2 Å². The lowest BCUT2D eigenvalue weighted by molar-refractivity contribution is -0.132. The normalized spacial score (nSPS) is 13.8. The zero-order valence-electron chi connectivity index (χ0n) is 16.1. The molecule has 1 aliphatic rings. The fourth-order valence-electron chi connectivity index (χ4n) is 3.76. The van der Waals surface area contributed by atoms with Gasteiger partial charge < -0.3 is 19.1 Å². The maximum absolute atomic E-state index is 12.7. The number of nitrogens with one attached hydrogen (secondary N) is 1. The molecule has 0 radical (unpaired) electrons. The van der Waals surface area contributed by atoms with Gasteiger partial charge in [-0.3, -0.25) is 4.79 Å². The Bertz CT molecular complexity index is 986. The molecule has 0 aliphatic carbocycles. The number of aromatic nitrogens is 2. The Morgan fingerprint density at radius 2 is 2.22 bits per heavy atom. The van der Waals surface area contributed by atoms with Crippen molar-refractivity contribution in [1.82, 2.24) is 15.0 Å². The minimum absolute atomic E-state index is 0.146. The van der Waals surface area contributed by atoms with Gasteiger partial charge in [0.25, 0.3) is 5.88 Å². The van der Waals surface area contributed by atoms with E-state index in [-0.39, 0.29) is 5.91 Å². The summed E-state index contributed by atoms with van der Waals surface area (Å²) in [6, 6.07) is 6.09. The number of fused-ring (bicyclic) bond motifs is 3. The first-order chi connectivity index (χ1) is 13.1. The largest absolute Gasteiger partial charge is 0.476 e. The Labute approximate surface area is 158 Å². The predicted molar refractivity (Wildman–Crippen MR) is 103 cm³/mol. The Morgan fingerprint density at radius 1 is 1.37 bits per heavy atom. The molecule has 1 aromatic carbocycles. The number of hydrogen-bond acceptors (Lipinski definition) is 4. The van der Waals surface area contributed by atoms with Gasteiger partial charge in [-0.15, -0.1) is 0 Å². The summed E-state index contributed by atoms with van der Waals surface area (Å²) in [6.07, 6.45) is 1.82. The van der Waals surface area contributed by atoms with Crippen molar-refractivity contribution in [2.45, 2.75) is 46.6 Å². The van der Waals surface area contributed by atoms with Gasteiger partial charge in [0.05, 0.1) is 6.61 Å². The highest BCUT2D eigenvalue weighted by Crippen LogP contribution is 2.31. The monoisotopic (exact) mass is 367 g/mol. The first kappa shape index (κ1) is 17.6. The Hall–Kier alpha value is -2.76. The van der Waals surface area contributed by atoms with E-state index in [2.05, 4.69) is 36.1 Å². The molecule has 1 N–H and O–H groups in total. The fourth-order valence-corrected chi connectivity index (χ4v) is 3.76. The summed E-state index contributed by atoms with van der Waals surface area (Å²) in [6.45, 7) is 8.14. The highest BCUT2D eigenvalue weighted by atomic mass is 16.5. The Kier molecular flexibility index (Phi) is 4.64. The number of hydrogen-bond donors (Lipinski definition) is 1. The quantitative estimate of drug-likeness (QED) is 0.747. The van der Waals surface area contributed by atoms with Crippen LogP contribution in [0.3, 0.4) is 0 Å². The van der Waals surface area contributed by atoms with E-state index in [1.165, 1.54) is 33.3 Å². The lowest BCUT2D eigenvalue weighted by Crippen LogP contribution is -2.35. The van der Waals surface area contributed by atoms with Gasteiger partial charge in [0.2, 0.25) is 5.91 Å². The van der Waals surface area contributed by atoms with E-state index in [1.807, 2.05) is 11.8 Å². The molecule has 1 aliphatic heterocycles. The van der Waals surface area contributed by atoms with Crippen LogP contribution >= 0.6 is 0 Å². The number of aryl methyl sites for hydroxylation is 3. The lowest BCUT2D eigenvalue weighted by atomic mass is 10.0. The average molecular weight is 367 g/mol. The maximum Gasteiger partial charge on any atom is 0.254 e. The third kappa shape index (κ3) is 3.31. The highest BCUT2D eigenvalue weighted by Gasteiger charge is 2.24. The number of carbonyl (C=O) groups excluding carboxylic acids is 1. The topological polar surface area (TPSA) is 71.4 Å². The molecule has 0 unspecified atom stereocenters. The molecule has 27 heavy (non-hydrogen) atoms. The summed E-state index contributed by atoms with van der Waals surface area (Å²) in [4.78, 5) is 18.2. The molecular weight excluding hydrogens is 342 g/mol. The molecule has 4 rings (SSSR count). The molecule has 1 amide bonds. The molecule has 0 fully saturated rings. The fraction of sp³-hybridized carbons (Fsp3) is 0.429. The third-order valence-corrected chi connectivity index (χ3v) is 5.45. The predicted octanol–water partition coefficient (Wildman–Crippen LogP) is 3.69. The van der Waals surface area contributed by atoms with E-state index in [9.17, 15) is 4.79 Å². The van der Waals surface area contributed by atoms with Gasteiger partial charge in [-0.1, -0.05) is 12.1 Å². The first-order valence-corrected chi connectivity index (χ1v) is 9.52. The van der Waals surface area contributed by atoms with Crippen molar-refractivity contribution in [3.8, 4) is 5.88 Å². The Morgan fingerprint density at radius 3 is 3.04 bits per heavy atom. The van der Waals surface area contributed by atoms with Crippen molar-refractivity contribution < 1.29 is 14.1 Å². The van der Waals surface area contributed by atoms with Crippen LogP contribution in [-0.4, -0.2) is 34.1 Å². The zero-order valence-corrected chi connectivity index (χ0v) is 16.1. The first-order valence-electron chi connectivity index (χ1n) is 9.52. The van der Waals surface area contributed by atoms with Gasteiger partial charge in [-0.05, 0) is 37.1 Å². The lowest BCUT2D eigenvalue weighted by Gasteiger charge is -2.27. The second-order valence-electron chi connectivity index (χ2n) is 7.14. The molecule has 6 heteroatoms. The molecule has 3 aromatic rings. The summed E-state index contributed by atoms with van der Waals surface area (Å²) >= 11 is 0. The minimum Gasteiger partial charge on any atom is -0.476 e. The van der Waals surface area contributed by atoms with Crippen LogP contribution in [-0.2, 0) is 24.2 Å². The molecule has 0 saturated heterocycles. The van der Waals surface area contributed by atoms with Gasteiger partial charge in [-0.25, -0.2) is 0 Å². The van der Waals surface area contributed by atoms with Crippen LogP contribution in [0.4, 0.5) is 0 Å². The summed E-state index contributed by atoms with van der Waals surface area (Å²) in [5.41, 5.74) is 6.30. The van der Waals surface area contributed by atoms with Crippen LogP contribution in [0.15, 0.2) is 22.7 Å². The van der Waals surface area contributed by atoms with E-state index in [0.717, 1.165) is 13.0 Å². The van der Waals surface area contributed by atoms with Gasteiger partial charge in [0.15, 0.2) is 0 Å². The summed E-state index contributed by atoms with van der Waals surface area (Å²) in [7, 11) is 0. The van der Waals surface area contributed by atoms with E-state index in [0.29, 0.717) is 37.6 Å². The van der Waals surface area contributed by atoms with Crippen LogP contribution in [0.5, 0.6) is 5.88 Å². The van der Waals surface area contributed by atoms with Crippen molar-refractivity contribution >= 4 is 16.8 Å².